The van der Waals surface area contributed by atoms with Gasteiger partial charge in [0.25, 0.3) is 0 Å². The van der Waals surface area contributed by atoms with Gasteiger partial charge < -0.3 is 9.67 Å². The Bertz CT molecular complexity index is 821. The average Bonchev–Trinajstić information content (AvgIpc) is 2.84. The van der Waals surface area contributed by atoms with E-state index in [2.05, 4.69) is 30.5 Å². The number of imidazole rings is 1. The molecule has 0 aliphatic rings. The topological polar surface area (TPSA) is 38.0 Å². The zero-order valence-corrected chi connectivity index (χ0v) is 14.3. The third-order valence-corrected chi connectivity index (χ3v) is 4.51. The lowest BCUT2D eigenvalue weighted by Gasteiger charge is -2.09. The molecule has 0 radical (unpaired) electrons. The summed E-state index contributed by atoms with van der Waals surface area (Å²) in [6, 6.07) is 12.2. The van der Waals surface area contributed by atoms with Gasteiger partial charge in [-0.15, -0.1) is 0 Å². The van der Waals surface area contributed by atoms with Crippen LogP contribution in [0.15, 0.2) is 36.4 Å². The molecule has 0 amide bonds. The van der Waals surface area contributed by atoms with Crippen molar-refractivity contribution in [3.05, 3.63) is 63.9 Å². The number of hydrogen-bond donors (Lipinski definition) is 1. The SMILES string of the molecule is Cc1cc2nc(Cc3ccc(Cl)cc3)n(CCCO)c2cc1C. The molecule has 2 aromatic carbocycles. The summed E-state index contributed by atoms with van der Waals surface area (Å²) >= 11 is 5.96. The Balaban J connectivity index is 2.04. The fourth-order valence-electron chi connectivity index (χ4n) is 2.83. The Labute approximate surface area is 141 Å². The van der Waals surface area contributed by atoms with Gasteiger partial charge in [-0.2, -0.15) is 0 Å². The van der Waals surface area contributed by atoms with Crippen molar-refractivity contribution in [2.45, 2.75) is 33.2 Å². The first-order chi connectivity index (χ1) is 11.1. The number of nitrogens with zero attached hydrogens (tertiary/aromatic N) is 2. The highest BCUT2D eigenvalue weighted by molar-refractivity contribution is 6.30. The number of rotatable bonds is 5. The van der Waals surface area contributed by atoms with E-state index in [0.29, 0.717) is 0 Å². The summed E-state index contributed by atoms with van der Waals surface area (Å²) in [5.74, 6) is 1.03. The molecule has 3 nitrogen and oxygen atoms in total. The van der Waals surface area contributed by atoms with Crippen LogP contribution in [0.25, 0.3) is 11.0 Å². The summed E-state index contributed by atoms with van der Waals surface area (Å²) in [5, 5.41) is 9.94. The molecule has 3 aromatic rings. The Kier molecular flexibility index (Phi) is 4.69. The van der Waals surface area contributed by atoms with Crippen LogP contribution in [-0.2, 0) is 13.0 Å². The van der Waals surface area contributed by atoms with Crippen LogP contribution in [0.4, 0.5) is 0 Å². The quantitative estimate of drug-likeness (QED) is 0.759. The van der Waals surface area contributed by atoms with Gasteiger partial charge in [0, 0.05) is 24.6 Å². The van der Waals surface area contributed by atoms with Gasteiger partial charge in [0.05, 0.1) is 11.0 Å². The highest BCUT2D eigenvalue weighted by Crippen LogP contribution is 2.23. The van der Waals surface area contributed by atoms with Crippen LogP contribution in [-0.4, -0.2) is 21.3 Å². The summed E-state index contributed by atoms with van der Waals surface area (Å²) in [7, 11) is 0. The first kappa shape index (κ1) is 16.0. The van der Waals surface area contributed by atoms with E-state index < -0.39 is 0 Å². The molecule has 0 fully saturated rings. The third kappa shape index (κ3) is 3.41. The number of fused-ring (bicyclic) bond motifs is 1. The van der Waals surface area contributed by atoms with Crippen LogP contribution in [0.5, 0.6) is 0 Å². The van der Waals surface area contributed by atoms with E-state index in [4.69, 9.17) is 16.6 Å². The average molecular weight is 329 g/mol. The maximum atomic E-state index is 9.20. The minimum Gasteiger partial charge on any atom is -0.396 e. The van der Waals surface area contributed by atoms with E-state index in [1.54, 1.807) is 0 Å². The number of aliphatic hydroxyl groups is 1. The van der Waals surface area contributed by atoms with Crippen molar-refractivity contribution in [2.75, 3.05) is 6.61 Å². The zero-order chi connectivity index (χ0) is 16.4. The molecule has 0 aliphatic heterocycles. The van der Waals surface area contributed by atoms with Gasteiger partial charge >= 0.3 is 0 Å². The van der Waals surface area contributed by atoms with Crippen LogP contribution in [0.1, 0.15) is 28.9 Å². The third-order valence-electron chi connectivity index (χ3n) is 4.26. The monoisotopic (exact) mass is 328 g/mol. The van der Waals surface area contributed by atoms with Crippen molar-refractivity contribution in [1.29, 1.82) is 0 Å². The smallest absolute Gasteiger partial charge is 0.114 e. The lowest BCUT2D eigenvalue weighted by molar-refractivity contribution is 0.280. The molecule has 120 valence electrons. The molecule has 1 aromatic heterocycles. The van der Waals surface area contributed by atoms with Crippen molar-refractivity contribution in [2.24, 2.45) is 0 Å². The largest absolute Gasteiger partial charge is 0.396 e. The van der Waals surface area contributed by atoms with Gasteiger partial charge in [-0.05, 0) is 61.2 Å². The number of benzene rings is 2. The molecule has 3 rings (SSSR count). The second kappa shape index (κ2) is 6.73. The van der Waals surface area contributed by atoms with Gasteiger partial charge in [0.15, 0.2) is 0 Å². The lowest BCUT2D eigenvalue weighted by Crippen LogP contribution is -2.06. The van der Waals surface area contributed by atoms with Crippen LogP contribution >= 0.6 is 11.6 Å². The van der Waals surface area contributed by atoms with Gasteiger partial charge in [0.2, 0.25) is 0 Å². The van der Waals surface area contributed by atoms with Crippen molar-refractivity contribution >= 4 is 22.6 Å². The summed E-state index contributed by atoms with van der Waals surface area (Å²) < 4.78 is 2.23. The number of aliphatic hydroxyl groups excluding tert-OH is 1. The first-order valence-corrected chi connectivity index (χ1v) is 8.28. The van der Waals surface area contributed by atoms with Gasteiger partial charge in [-0.25, -0.2) is 4.98 Å². The minimum absolute atomic E-state index is 0.185. The van der Waals surface area contributed by atoms with Crippen molar-refractivity contribution < 1.29 is 5.11 Å². The number of halogens is 1. The van der Waals surface area contributed by atoms with E-state index in [1.165, 1.54) is 16.7 Å². The number of hydrogen-bond acceptors (Lipinski definition) is 2. The zero-order valence-electron chi connectivity index (χ0n) is 13.5. The molecule has 0 atom stereocenters. The standard InChI is InChI=1S/C19H21ClN2O/c1-13-10-17-18(11-14(13)2)22(8-3-9-23)19(21-17)12-15-4-6-16(20)7-5-15/h4-7,10-11,23H,3,8-9,12H2,1-2H3. The molecule has 4 heteroatoms. The van der Waals surface area contributed by atoms with Crippen LogP contribution in [0.3, 0.4) is 0 Å². The molecule has 1 heterocycles. The Hall–Kier alpha value is -1.84. The maximum absolute atomic E-state index is 9.20. The Morgan fingerprint density at radius 2 is 1.78 bits per heavy atom. The van der Waals surface area contributed by atoms with Crippen molar-refractivity contribution in [3.63, 3.8) is 0 Å². The van der Waals surface area contributed by atoms with Gasteiger partial charge in [-0.3, -0.25) is 0 Å². The summed E-state index contributed by atoms with van der Waals surface area (Å²) in [6.07, 6.45) is 1.49. The number of aromatic nitrogens is 2. The second-order valence-corrected chi connectivity index (χ2v) is 6.42. The molecule has 0 saturated carbocycles. The summed E-state index contributed by atoms with van der Waals surface area (Å²) in [4.78, 5) is 4.83. The Morgan fingerprint density at radius 1 is 1.09 bits per heavy atom. The van der Waals surface area contributed by atoms with Gasteiger partial charge in [-0.1, -0.05) is 23.7 Å². The summed E-state index contributed by atoms with van der Waals surface area (Å²) in [5.41, 5.74) is 5.87. The molecule has 0 aliphatic carbocycles. The molecule has 0 spiro atoms. The molecule has 0 bridgehead atoms. The fourth-order valence-corrected chi connectivity index (χ4v) is 2.95. The van der Waals surface area contributed by atoms with E-state index in [-0.39, 0.29) is 6.61 Å². The highest BCUT2D eigenvalue weighted by Gasteiger charge is 2.12. The van der Waals surface area contributed by atoms with E-state index >= 15 is 0 Å². The molecule has 1 N–H and O–H groups in total. The maximum Gasteiger partial charge on any atom is 0.114 e. The van der Waals surface area contributed by atoms with Crippen molar-refractivity contribution in [3.8, 4) is 0 Å². The number of aryl methyl sites for hydroxylation is 3. The molecular formula is C19H21ClN2O. The highest BCUT2D eigenvalue weighted by atomic mass is 35.5. The van der Waals surface area contributed by atoms with E-state index in [1.807, 2.05) is 24.3 Å². The lowest BCUT2D eigenvalue weighted by atomic mass is 10.1. The normalized spacial score (nSPS) is 11.3. The molecule has 0 saturated heterocycles. The van der Waals surface area contributed by atoms with E-state index in [0.717, 1.165) is 41.3 Å². The van der Waals surface area contributed by atoms with E-state index in [9.17, 15) is 5.11 Å². The van der Waals surface area contributed by atoms with Crippen LogP contribution in [0, 0.1) is 13.8 Å². The van der Waals surface area contributed by atoms with Crippen molar-refractivity contribution in [1.82, 2.24) is 9.55 Å². The second-order valence-electron chi connectivity index (χ2n) is 5.99. The minimum atomic E-state index is 0.185. The van der Waals surface area contributed by atoms with Gasteiger partial charge in [0.1, 0.15) is 5.82 Å². The summed E-state index contributed by atoms with van der Waals surface area (Å²) in [6.45, 7) is 5.20. The predicted octanol–water partition coefficient (Wildman–Crippen LogP) is 4.28. The molecular weight excluding hydrogens is 308 g/mol. The molecule has 0 unspecified atom stereocenters. The first-order valence-electron chi connectivity index (χ1n) is 7.90. The van der Waals surface area contributed by atoms with Crippen LogP contribution in [0.2, 0.25) is 5.02 Å². The molecule has 23 heavy (non-hydrogen) atoms. The predicted molar refractivity (Wildman–Crippen MR) is 95.2 cm³/mol. The Morgan fingerprint density at radius 3 is 2.48 bits per heavy atom. The fraction of sp³-hybridized carbons (Fsp3) is 0.316. The van der Waals surface area contributed by atoms with Crippen LogP contribution < -0.4 is 0 Å².